The van der Waals surface area contributed by atoms with Gasteiger partial charge in [-0.25, -0.2) is 4.79 Å². The molecule has 0 atom stereocenters. The number of nitrogens with zero attached hydrogens (tertiary/aromatic N) is 2. The Morgan fingerprint density at radius 1 is 1.38 bits per heavy atom. The molecular weight excluding hydrogens is 224 g/mol. The lowest BCUT2D eigenvalue weighted by Crippen LogP contribution is -2.17. The average Bonchev–Trinajstić information content (AvgIpc) is 2.69. The van der Waals surface area contributed by atoms with Crippen molar-refractivity contribution < 1.29 is 0 Å². The minimum absolute atomic E-state index is 0.0369. The van der Waals surface area contributed by atoms with Crippen LogP contribution in [0.2, 0.25) is 0 Å². The number of aryl methyl sites for hydroxylation is 2. The molecule has 6 heteroatoms. The predicted octanol–water partition coefficient (Wildman–Crippen LogP) is 0.984. The van der Waals surface area contributed by atoms with Crippen LogP contribution < -0.4 is 11.4 Å². The molecule has 2 rings (SSSR count). The molecule has 16 heavy (non-hydrogen) atoms. The number of nitrogen functional groups attached to an aromatic ring is 1. The molecule has 2 heterocycles. The maximum absolute atomic E-state index is 11.0. The molecule has 0 aliphatic heterocycles. The molecule has 3 N–H and O–H groups in total. The van der Waals surface area contributed by atoms with Gasteiger partial charge in [0.2, 0.25) is 5.95 Å². The summed E-state index contributed by atoms with van der Waals surface area (Å²) < 4.78 is 0. The molecule has 0 aliphatic carbocycles. The van der Waals surface area contributed by atoms with Crippen LogP contribution in [-0.2, 0) is 12.8 Å². The number of rotatable bonds is 4. The largest absolute Gasteiger partial charge is 0.368 e. The smallest absolute Gasteiger partial charge is 0.349 e. The summed E-state index contributed by atoms with van der Waals surface area (Å²) in [4.78, 5) is 22.3. The molecule has 0 aliphatic rings. The van der Waals surface area contributed by atoms with Crippen molar-refractivity contribution in [2.75, 3.05) is 5.73 Å². The van der Waals surface area contributed by atoms with Gasteiger partial charge in [0.25, 0.3) is 0 Å². The maximum atomic E-state index is 11.0. The number of nitrogens with one attached hydrogen (secondary N) is 1. The van der Waals surface area contributed by atoms with E-state index in [4.69, 9.17) is 5.73 Å². The molecule has 0 amide bonds. The first-order chi connectivity index (χ1) is 7.74. The van der Waals surface area contributed by atoms with Crippen molar-refractivity contribution in [1.82, 2.24) is 15.0 Å². The highest BCUT2D eigenvalue weighted by Gasteiger charge is 2.00. The Morgan fingerprint density at radius 3 is 2.94 bits per heavy atom. The Balaban J connectivity index is 1.92. The zero-order valence-corrected chi connectivity index (χ0v) is 9.46. The van der Waals surface area contributed by atoms with E-state index in [0.717, 1.165) is 12.8 Å². The SMILES string of the molecule is Nc1nc(CCCc2cccs2)[nH]c(=O)n1. The summed E-state index contributed by atoms with van der Waals surface area (Å²) in [5, 5.41) is 2.06. The lowest BCUT2D eigenvalue weighted by molar-refractivity contribution is 0.761. The predicted molar refractivity (Wildman–Crippen MR) is 63.4 cm³/mol. The van der Waals surface area contributed by atoms with E-state index in [1.165, 1.54) is 4.88 Å². The highest BCUT2D eigenvalue weighted by Crippen LogP contribution is 2.11. The fourth-order valence-corrected chi connectivity index (χ4v) is 2.20. The molecule has 0 radical (unpaired) electrons. The fourth-order valence-electron chi connectivity index (χ4n) is 1.45. The van der Waals surface area contributed by atoms with Crippen molar-refractivity contribution in [3.05, 3.63) is 38.7 Å². The molecule has 0 aromatic carbocycles. The van der Waals surface area contributed by atoms with Gasteiger partial charge in [0.15, 0.2) is 0 Å². The van der Waals surface area contributed by atoms with Gasteiger partial charge in [-0.3, -0.25) is 4.98 Å². The maximum Gasteiger partial charge on any atom is 0.349 e. The van der Waals surface area contributed by atoms with Crippen molar-refractivity contribution >= 4 is 17.3 Å². The topological polar surface area (TPSA) is 84.7 Å². The summed E-state index contributed by atoms with van der Waals surface area (Å²) in [6.45, 7) is 0. The molecule has 84 valence electrons. The van der Waals surface area contributed by atoms with Gasteiger partial charge in [-0.05, 0) is 24.3 Å². The summed E-state index contributed by atoms with van der Waals surface area (Å²) in [6, 6.07) is 4.13. The summed E-state index contributed by atoms with van der Waals surface area (Å²) in [5.41, 5.74) is 4.95. The molecule has 0 fully saturated rings. The lowest BCUT2D eigenvalue weighted by atomic mass is 10.2. The van der Waals surface area contributed by atoms with Crippen LogP contribution in [0.25, 0.3) is 0 Å². The Morgan fingerprint density at radius 2 is 2.25 bits per heavy atom. The summed E-state index contributed by atoms with van der Waals surface area (Å²) >= 11 is 1.73. The van der Waals surface area contributed by atoms with E-state index in [2.05, 4.69) is 26.4 Å². The first-order valence-corrected chi connectivity index (χ1v) is 5.87. The number of anilines is 1. The Hall–Kier alpha value is -1.69. The van der Waals surface area contributed by atoms with Gasteiger partial charge in [-0.1, -0.05) is 6.07 Å². The van der Waals surface area contributed by atoms with Crippen LogP contribution in [0.3, 0.4) is 0 Å². The van der Waals surface area contributed by atoms with Crippen LogP contribution in [0.1, 0.15) is 17.1 Å². The highest BCUT2D eigenvalue weighted by atomic mass is 32.1. The third kappa shape index (κ3) is 2.90. The van der Waals surface area contributed by atoms with E-state index in [1.807, 2.05) is 6.07 Å². The van der Waals surface area contributed by atoms with E-state index < -0.39 is 5.69 Å². The lowest BCUT2D eigenvalue weighted by Gasteiger charge is -1.99. The zero-order chi connectivity index (χ0) is 11.4. The van der Waals surface area contributed by atoms with E-state index in [1.54, 1.807) is 11.3 Å². The Labute approximate surface area is 96.4 Å². The van der Waals surface area contributed by atoms with Gasteiger partial charge >= 0.3 is 5.69 Å². The normalized spacial score (nSPS) is 10.5. The van der Waals surface area contributed by atoms with Crippen molar-refractivity contribution in [2.24, 2.45) is 0 Å². The van der Waals surface area contributed by atoms with Crippen molar-refractivity contribution in [3.8, 4) is 0 Å². The quantitative estimate of drug-likeness (QED) is 0.828. The second-order valence-corrected chi connectivity index (χ2v) is 4.42. The van der Waals surface area contributed by atoms with Crippen LogP contribution in [0.5, 0.6) is 0 Å². The monoisotopic (exact) mass is 236 g/mol. The Kier molecular flexibility index (Phi) is 3.31. The van der Waals surface area contributed by atoms with Gasteiger partial charge in [0, 0.05) is 11.3 Å². The third-order valence-corrected chi connectivity index (χ3v) is 3.07. The van der Waals surface area contributed by atoms with E-state index in [9.17, 15) is 4.79 Å². The first kappa shape index (κ1) is 10.8. The summed E-state index contributed by atoms with van der Waals surface area (Å²) in [5.74, 6) is 0.643. The first-order valence-electron chi connectivity index (χ1n) is 4.99. The van der Waals surface area contributed by atoms with Crippen molar-refractivity contribution in [1.29, 1.82) is 0 Å². The second kappa shape index (κ2) is 4.89. The van der Waals surface area contributed by atoms with E-state index in [0.29, 0.717) is 12.2 Å². The van der Waals surface area contributed by atoms with Crippen LogP contribution in [0.15, 0.2) is 22.3 Å². The van der Waals surface area contributed by atoms with Crippen LogP contribution in [0.4, 0.5) is 5.95 Å². The third-order valence-electron chi connectivity index (χ3n) is 2.13. The number of nitrogens with two attached hydrogens (primary N) is 1. The van der Waals surface area contributed by atoms with Crippen molar-refractivity contribution in [2.45, 2.75) is 19.3 Å². The van der Waals surface area contributed by atoms with Crippen LogP contribution >= 0.6 is 11.3 Å². The number of hydrogen-bond acceptors (Lipinski definition) is 5. The molecule has 0 unspecified atom stereocenters. The summed E-state index contributed by atoms with van der Waals surface area (Å²) in [6.07, 6.45) is 2.64. The average molecular weight is 236 g/mol. The second-order valence-electron chi connectivity index (χ2n) is 3.39. The molecule has 0 saturated carbocycles. The van der Waals surface area contributed by atoms with Crippen LogP contribution in [0, 0.1) is 0 Å². The van der Waals surface area contributed by atoms with Gasteiger partial charge in [-0.15, -0.1) is 11.3 Å². The zero-order valence-electron chi connectivity index (χ0n) is 8.64. The minimum atomic E-state index is -0.432. The van der Waals surface area contributed by atoms with E-state index in [-0.39, 0.29) is 5.95 Å². The summed E-state index contributed by atoms with van der Waals surface area (Å²) in [7, 11) is 0. The number of hydrogen-bond donors (Lipinski definition) is 2. The fraction of sp³-hybridized carbons (Fsp3) is 0.300. The molecular formula is C10H12N4OS. The number of H-pyrrole nitrogens is 1. The Bertz CT molecular complexity index is 506. The number of thiophene rings is 1. The van der Waals surface area contributed by atoms with E-state index >= 15 is 0 Å². The molecule has 0 saturated heterocycles. The highest BCUT2D eigenvalue weighted by molar-refractivity contribution is 7.09. The molecule has 0 spiro atoms. The van der Waals surface area contributed by atoms with Gasteiger partial charge in [-0.2, -0.15) is 9.97 Å². The molecule has 2 aromatic rings. The standard InChI is InChI=1S/C10H12N4OS/c11-9-12-8(13-10(15)14-9)5-1-3-7-4-2-6-16-7/h2,4,6H,1,3,5H2,(H3,11,12,13,14,15). The molecule has 5 nitrogen and oxygen atoms in total. The molecule has 0 bridgehead atoms. The van der Waals surface area contributed by atoms with Gasteiger partial charge in [0.05, 0.1) is 0 Å². The van der Waals surface area contributed by atoms with Crippen molar-refractivity contribution in [3.63, 3.8) is 0 Å². The van der Waals surface area contributed by atoms with Gasteiger partial charge in [0.1, 0.15) is 5.82 Å². The van der Waals surface area contributed by atoms with Gasteiger partial charge < -0.3 is 5.73 Å². The molecule has 2 aromatic heterocycles. The van der Waals surface area contributed by atoms with Crippen LogP contribution in [-0.4, -0.2) is 15.0 Å². The number of aromatic nitrogens is 3. The minimum Gasteiger partial charge on any atom is -0.368 e. The number of aromatic amines is 1.